The zero-order valence-corrected chi connectivity index (χ0v) is 9.04. The first-order chi connectivity index (χ1) is 7.24. The van der Waals surface area contributed by atoms with E-state index in [-0.39, 0.29) is 0 Å². The summed E-state index contributed by atoms with van der Waals surface area (Å²) in [6, 6.07) is 5.77. The maximum atomic E-state index is 6.07. The van der Waals surface area contributed by atoms with Crippen LogP contribution in [0.4, 0.5) is 5.69 Å². The summed E-state index contributed by atoms with van der Waals surface area (Å²) in [7, 11) is 0. The molecule has 0 atom stereocenters. The van der Waals surface area contributed by atoms with Crippen LogP contribution < -0.4 is 5.73 Å². The number of nitrogens with zero attached hydrogens (tertiary/aromatic N) is 2. The van der Waals surface area contributed by atoms with Crippen molar-refractivity contribution in [2.75, 3.05) is 5.73 Å². The first-order valence-electron chi connectivity index (χ1n) is 5.15. The monoisotopic (exact) mass is 221 g/mol. The topological polar surface area (TPSA) is 43.8 Å². The van der Waals surface area contributed by atoms with Gasteiger partial charge in [-0.05, 0) is 37.0 Å². The van der Waals surface area contributed by atoms with Crippen LogP contribution in [0, 0.1) is 5.92 Å². The summed E-state index contributed by atoms with van der Waals surface area (Å²) < 4.78 is 1.99. The summed E-state index contributed by atoms with van der Waals surface area (Å²) in [4.78, 5) is 0. The normalized spacial score (nSPS) is 16.1. The Morgan fingerprint density at radius 3 is 3.00 bits per heavy atom. The summed E-state index contributed by atoms with van der Waals surface area (Å²) in [5.74, 6) is 0.793. The summed E-state index contributed by atoms with van der Waals surface area (Å²) in [6.07, 6.45) is 2.63. The number of halogens is 1. The van der Waals surface area contributed by atoms with Gasteiger partial charge in [-0.2, -0.15) is 5.10 Å². The van der Waals surface area contributed by atoms with Crippen LogP contribution in [0.15, 0.2) is 18.2 Å². The van der Waals surface area contributed by atoms with Gasteiger partial charge in [0.15, 0.2) is 5.15 Å². The summed E-state index contributed by atoms with van der Waals surface area (Å²) in [5.41, 5.74) is 7.54. The van der Waals surface area contributed by atoms with E-state index in [4.69, 9.17) is 17.3 Å². The summed E-state index contributed by atoms with van der Waals surface area (Å²) >= 11 is 6.07. The van der Waals surface area contributed by atoms with Gasteiger partial charge < -0.3 is 5.73 Å². The van der Waals surface area contributed by atoms with Gasteiger partial charge in [0.2, 0.25) is 0 Å². The van der Waals surface area contributed by atoms with Crippen LogP contribution in [0.1, 0.15) is 12.8 Å². The van der Waals surface area contributed by atoms with E-state index in [9.17, 15) is 0 Å². The highest BCUT2D eigenvalue weighted by atomic mass is 35.5. The second-order valence-corrected chi connectivity index (χ2v) is 4.55. The Kier molecular flexibility index (Phi) is 1.89. The molecule has 0 aliphatic heterocycles. The van der Waals surface area contributed by atoms with Crippen LogP contribution in [0.5, 0.6) is 0 Å². The molecule has 78 valence electrons. The molecule has 0 unspecified atom stereocenters. The highest BCUT2D eigenvalue weighted by Gasteiger charge is 2.23. The molecule has 2 N–H and O–H groups in total. The molecule has 1 fully saturated rings. The maximum Gasteiger partial charge on any atom is 0.158 e. The highest BCUT2D eigenvalue weighted by Crippen LogP contribution is 2.33. The van der Waals surface area contributed by atoms with E-state index in [0.717, 1.165) is 29.1 Å². The van der Waals surface area contributed by atoms with Crippen molar-refractivity contribution in [2.45, 2.75) is 19.4 Å². The fourth-order valence-electron chi connectivity index (χ4n) is 1.84. The van der Waals surface area contributed by atoms with Gasteiger partial charge in [0.25, 0.3) is 0 Å². The molecule has 0 amide bonds. The number of fused-ring (bicyclic) bond motifs is 1. The zero-order chi connectivity index (χ0) is 10.4. The quantitative estimate of drug-likeness (QED) is 0.793. The molecule has 1 heterocycles. The van der Waals surface area contributed by atoms with Crippen LogP contribution in [0.25, 0.3) is 10.9 Å². The molecule has 1 saturated carbocycles. The average molecular weight is 222 g/mol. The molecule has 1 aliphatic rings. The number of benzene rings is 1. The van der Waals surface area contributed by atoms with Gasteiger partial charge in [0.1, 0.15) is 0 Å². The predicted molar refractivity (Wildman–Crippen MR) is 61.9 cm³/mol. The number of nitrogens with two attached hydrogens (primary N) is 1. The van der Waals surface area contributed by atoms with E-state index >= 15 is 0 Å². The molecule has 0 saturated heterocycles. The van der Waals surface area contributed by atoms with Crippen molar-refractivity contribution in [1.82, 2.24) is 9.78 Å². The lowest BCUT2D eigenvalue weighted by molar-refractivity contribution is 0.581. The van der Waals surface area contributed by atoms with Crippen molar-refractivity contribution in [2.24, 2.45) is 5.92 Å². The third-order valence-corrected chi connectivity index (χ3v) is 3.14. The van der Waals surface area contributed by atoms with Crippen LogP contribution >= 0.6 is 11.6 Å². The van der Waals surface area contributed by atoms with E-state index in [1.165, 1.54) is 12.8 Å². The van der Waals surface area contributed by atoms with E-state index < -0.39 is 0 Å². The molecular weight excluding hydrogens is 210 g/mol. The lowest BCUT2D eigenvalue weighted by Crippen LogP contribution is -2.01. The molecule has 1 aliphatic carbocycles. The number of hydrogen-bond acceptors (Lipinski definition) is 2. The third kappa shape index (κ3) is 1.57. The van der Waals surface area contributed by atoms with Gasteiger partial charge >= 0.3 is 0 Å². The Balaban J connectivity index is 2.13. The fraction of sp³-hybridized carbons (Fsp3) is 0.364. The SMILES string of the molecule is Nc1ccc2c(c1)c(Cl)nn2CC1CC1. The van der Waals surface area contributed by atoms with Gasteiger partial charge in [-0.3, -0.25) is 4.68 Å². The van der Waals surface area contributed by atoms with Crippen LogP contribution in [-0.4, -0.2) is 9.78 Å². The number of aromatic nitrogens is 2. The Labute approximate surface area is 92.8 Å². The molecule has 3 nitrogen and oxygen atoms in total. The molecule has 3 rings (SSSR count). The molecule has 0 radical (unpaired) electrons. The van der Waals surface area contributed by atoms with Crippen LogP contribution in [-0.2, 0) is 6.54 Å². The van der Waals surface area contributed by atoms with Gasteiger partial charge in [-0.1, -0.05) is 11.6 Å². The minimum Gasteiger partial charge on any atom is -0.399 e. The number of anilines is 1. The summed E-state index contributed by atoms with van der Waals surface area (Å²) in [5, 5.41) is 5.85. The first kappa shape index (κ1) is 9.04. The number of rotatable bonds is 2. The smallest absolute Gasteiger partial charge is 0.158 e. The Morgan fingerprint density at radius 2 is 2.27 bits per heavy atom. The van der Waals surface area contributed by atoms with Crippen molar-refractivity contribution >= 4 is 28.2 Å². The van der Waals surface area contributed by atoms with E-state index in [2.05, 4.69) is 5.10 Å². The Hall–Kier alpha value is -1.22. The van der Waals surface area contributed by atoms with Crippen molar-refractivity contribution in [1.29, 1.82) is 0 Å². The fourth-order valence-corrected chi connectivity index (χ4v) is 2.08. The number of hydrogen-bond donors (Lipinski definition) is 1. The Morgan fingerprint density at radius 1 is 1.47 bits per heavy atom. The van der Waals surface area contributed by atoms with Gasteiger partial charge in [-0.15, -0.1) is 0 Å². The zero-order valence-electron chi connectivity index (χ0n) is 8.28. The third-order valence-electron chi connectivity index (χ3n) is 2.86. The molecule has 0 bridgehead atoms. The first-order valence-corrected chi connectivity index (χ1v) is 5.53. The minimum absolute atomic E-state index is 0.554. The second-order valence-electron chi connectivity index (χ2n) is 4.19. The predicted octanol–water partition coefficient (Wildman–Crippen LogP) is 2.68. The van der Waals surface area contributed by atoms with E-state index in [1.807, 2.05) is 22.9 Å². The lowest BCUT2D eigenvalue weighted by atomic mass is 10.2. The van der Waals surface area contributed by atoms with Crippen molar-refractivity contribution < 1.29 is 0 Å². The van der Waals surface area contributed by atoms with E-state index in [1.54, 1.807) is 0 Å². The molecule has 15 heavy (non-hydrogen) atoms. The second kappa shape index (κ2) is 3.14. The molecule has 0 spiro atoms. The highest BCUT2D eigenvalue weighted by molar-refractivity contribution is 6.34. The van der Waals surface area contributed by atoms with Crippen LogP contribution in [0.2, 0.25) is 5.15 Å². The largest absolute Gasteiger partial charge is 0.399 e. The molecule has 1 aromatic carbocycles. The van der Waals surface area contributed by atoms with Gasteiger partial charge in [-0.25, -0.2) is 0 Å². The standard InChI is InChI=1S/C11H12ClN3/c12-11-9-5-8(13)3-4-10(9)15(14-11)6-7-1-2-7/h3-5,7H,1-2,6,13H2. The van der Waals surface area contributed by atoms with Gasteiger partial charge in [0, 0.05) is 17.6 Å². The Bertz CT molecular complexity index is 514. The minimum atomic E-state index is 0.554. The average Bonchev–Trinajstić information content (AvgIpc) is 2.95. The summed E-state index contributed by atoms with van der Waals surface area (Å²) in [6.45, 7) is 0.979. The molecule has 4 heteroatoms. The molecule has 1 aromatic heterocycles. The maximum absolute atomic E-state index is 6.07. The lowest BCUT2D eigenvalue weighted by Gasteiger charge is -2.01. The van der Waals surface area contributed by atoms with Crippen molar-refractivity contribution in [3.63, 3.8) is 0 Å². The van der Waals surface area contributed by atoms with Crippen LogP contribution in [0.3, 0.4) is 0 Å². The van der Waals surface area contributed by atoms with Crippen molar-refractivity contribution in [3.8, 4) is 0 Å². The molecular formula is C11H12ClN3. The van der Waals surface area contributed by atoms with Gasteiger partial charge in [0.05, 0.1) is 5.52 Å². The number of nitrogen functional groups attached to an aromatic ring is 1. The molecule has 2 aromatic rings. The van der Waals surface area contributed by atoms with Crippen molar-refractivity contribution in [3.05, 3.63) is 23.4 Å². The van der Waals surface area contributed by atoms with E-state index in [0.29, 0.717) is 5.15 Å².